The van der Waals surface area contributed by atoms with Gasteiger partial charge in [0.15, 0.2) is 0 Å². The van der Waals surface area contributed by atoms with Crippen molar-refractivity contribution in [3.05, 3.63) is 0 Å². The highest BCUT2D eigenvalue weighted by atomic mass is 32.2. The van der Waals surface area contributed by atoms with Crippen LogP contribution in [-0.4, -0.2) is 44.3 Å². The number of ether oxygens (including phenoxy) is 1. The summed E-state index contributed by atoms with van der Waals surface area (Å²) >= 11 is 0. The lowest BCUT2D eigenvalue weighted by Crippen LogP contribution is -2.59. The summed E-state index contributed by atoms with van der Waals surface area (Å²) in [6.45, 7) is 2.26. The standard InChI is InChI=1S/C13H23NO3S/c15-18(16,9-12-5-4-8-17-12)14-10-13(11-14)6-2-1-3-7-13/h12H,1-11H2. The lowest BCUT2D eigenvalue weighted by atomic mass is 9.70. The minimum absolute atomic E-state index is 0.0575. The fraction of sp³-hybridized carbons (Fsp3) is 1.00. The minimum atomic E-state index is -3.07. The van der Waals surface area contributed by atoms with E-state index in [9.17, 15) is 8.42 Å². The zero-order chi connectivity index (χ0) is 12.6. The normalized spacial score (nSPS) is 32.6. The third kappa shape index (κ3) is 2.45. The van der Waals surface area contributed by atoms with Crippen LogP contribution in [0.5, 0.6) is 0 Å². The molecular weight excluding hydrogens is 250 g/mol. The fourth-order valence-corrected chi connectivity index (χ4v) is 5.52. The molecule has 5 heteroatoms. The summed E-state index contributed by atoms with van der Waals surface area (Å²) in [4.78, 5) is 0. The van der Waals surface area contributed by atoms with Crippen molar-refractivity contribution in [2.24, 2.45) is 5.41 Å². The first-order valence-electron chi connectivity index (χ1n) is 7.19. The van der Waals surface area contributed by atoms with Crippen LogP contribution in [0, 0.1) is 5.41 Å². The molecule has 1 aliphatic carbocycles. The highest BCUT2D eigenvalue weighted by Crippen LogP contribution is 2.45. The highest BCUT2D eigenvalue weighted by molar-refractivity contribution is 7.89. The second-order valence-electron chi connectivity index (χ2n) is 6.24. The molecule has 4 nitrogen and oxygen atoms in total. The maximum Gasteiger partial charge on any atom is 0.216 e. The van der Waals surface area contributed by atoms with E-state index in [1.807, 2.05) is 0 Å². The SMILES string of the molecule is O=S(=O)(CC1CCCO1)N1CC2(CCCCC2)C1. The van der Waals surface area contributed by atoms with Crippen molar-refractivity contribution in [2.75, 3.05) is 25.4 Å². The summed E-state index contributed by atoms with van der Waals surface area (Å²) in [6, 6.07) is 0. The monoisotopic (exact) mass is 273 g/mol. The van der Waals surface area contributed by atoms with Gasteiger partial charge in [0.1, 0.15) is 0 Å². The van der Waals surface area contributed by atoms with Gasteiger partial charge in [0.2, 0.25) is 10.0 Å². The molecule has 0 aromatic carbocycles. The van der Waals surface area contributed by atoms with E-state index in [1.165, 1.54) is 32.1 Å². The molecule has 1 atom stereocenters. The first-order valence-corrected chi connectivity index (χ1v) is 8.80. The Bertz CT molecular complexity index is 386. The predicted octanol–water partition coefficient (Wildman–Crippen LogP) is 1.76. The largest absolute Gasteiger partial charge is 0.377 e. The van der Waals surface area contributed by atoms with Crippen LogP contribution in [0.2, 0.25) is 0 Å². The predicted molar refractivity (Wildman–Crippen MR) is 69.9 cm³/mol. The van der Waals surface area contributed by atoms with E-state index in [0.717, 1.165) is 32.5 Å². The Morgan fingerprint density at radius 1 is 1.11 bits per heavy atom. The molecule has 0 aromatic heterocycles. The topological polar surface area (TPSA) is 46.6 Å². The molecule has 18 heavy (non-hydrogen) atoms. The Hall–Kier alpha value is -0.130. The Balaban J connectivity index is 1.56. The van der Waals surface area contributed by atoms with Crippen LogP contribution in [0.3, 0.4) is 0 Å². The number of nitrogens with zero attached hydrogens (tertiary/aromatic N) is 1. The van der Waals surface area contributed by atoms with E-state index in [-0.39, 0.29) is 11.9 Å². The summed E-state index contributed by atoms with van der Waals surface area (Å²) in [5, 5.41) is 0. The van der Waals surface area contributed by atoms with Crippen molar-refractivity contribution in [1.82, 2.24) is 4.31 Å². The molecule has 0 N–H and O–H groups in total. The number of rotatable bonds is 3. The fourth-order valence-electron chi connectivity index (χ4n) is 3.63. The summed E-state index contributed by atoms with van der Waals surface area (Å²) < 4.78 is 31.6. The molecule has 3 rings (SSSR count). The van der Waals surface area contributed by atoms with Gasteiger partial charge in [-0.25, -0.2) is 12.7 Å². The summed E-state index contributed by atoms with van der Waals surface area (Å²) in [7, 11) is -3.07. The molecule has 0 amide bonds. The third-order valence-corrected chi connectivity index (χ3v) is 6.59. The number of hydrogen-bond donors (Lipinski definition) is 0. The highest BCUT2D eigenvalue weighted by Gasteiger charge is 2.48. The summed E-state index contributed by atoms with van der Waals surface area (Å²) in [5.74, 6) is 0.198. The van der Waals surface area contributed by atoms with Gasteiger partial charge in [-0.1, -0.05) is 19.3 Å². The Kier molecular flexibility index (Phi) is 3.41. The second-order valence-corrected chi connectivity index (χ2v) is 8.26. The van der Waals surface area contributed by atoms with Crippen LogP contribution >= 0.6 is 0 Å². The quantitative estimate of drug-likeness (QED) is 0.787. The van der Waals surface area contributed by atoms with Crippen LogP contribution in [0.1, 0.15) is 44.9 Å². The lowest BCUT2D eigenvalue weighted by molar-refractivity contribution is 0.0292. The third-order valence-electron chi connectivity index (χ3n) is 4.75. The minimum Gasteiger partial charge on any atom is -0.377 e. The van der Waals surface area contributed by atoms with Gasteiger partial charge in [-0.2, -0.15) is 0 Å². The maximum absolute atomic E-state index is 12.2. The molecule has 1 unspecified atom stereocenters. The van der Waals surface area contributed by atoms with Gasteiger partial charge >= 0.3 is 0 Å². The molecule has 104 valence electrons. The smallest absolute Gasteiger partial charge is 0.216 e. The van der Waals surface area contributed by atoms with Gasteiger partial charge in [-0.05, 0) is 31.1 Å². The molecule has 2 heterocycles. The first kappa shape index (κ1) is 12.9. The van der Waals surface area contributed by atoms with Crippen molar-refractivity contribution in [1.29, 1.82) is 0 Å². The summed E-state index contributed by atoms with van der Waals surface area (Å²) in [6.07, 6.45) is 8.17. The van der Waals surface area contributed by atoms with Crippen LogP contribution < -0.4 is 0 Å². The Morgan fingerprint density at radius 3 is 2.44 bits per heavy atom. The molecule has 2 saturated heterocycles. The van der Waals surface area contributed by atoms with Gasteiger partial charge in [-0.15, -0.1) is 0 Å². The van der Waals surface area contributed by atoms with Gasteiger partial charge in [0.25, 0.3) is 0 Å². The van der Waals surface area contributed by atoms with Gasteiger partial charge in [0, 0.05) is 19.7 Å². The molecule has 2 aliphatic heterocycles. The van der Waals surface area contributed by atoms with Gasteiger partial charge < -0.3 is 4.74 Å². The molecule has 3 aliphatic rings. The lowest BCUT2D eigenvalue weighted by Gasteiger charge is -2.51. The van der Waals surface area contributed by atoms with E-state index >= 15 is 0 Å². The van der Waals surface area contributed by atoms with E-state index in [4.69, 9.17) is 4.74 Å². The second kappa shape index (κ2) is 4.76. The van der Waals surface area contributed by atoms with Crippen LogP contribution in [-0.2, 0) is 14.8 Å². The van der Waals surface area contributed by atoms with Crippen molar-refractivity contribution >= 4 is 10.0 Å². The molecule has 3 fully saturated rings. The van der Waals surface area contributed by atoms with Crippen LogP contribution in [0.4, 0.5) is 0 Å². The summed E-state index contributed by atoms with van der Waals surface area (Å²) in [5.41, 5.74) is 0.335. The number of sulfonamides is 1. The van der Waals surface area contributed by atoms with Crippen LogP contribution in [0.25, 0.3) is 0 Å². The first-order chi connectivity index (χ1) is 8.60. The average molecular weight is 273 g/mol. The molecule has 0 aromatic rings. The van der Waals surface area contributed by atoms with E-state index in [2.05, 4.69) is 0 Å². The van der Waals surface area contributed by atoms with Crippen LogP contribution in [0.15, 0.2) is 0 Å². The molecular formula is C13H23NO3S. The van der Waals surface area contributed by atoms with Gasteiger partial charge in [0.05, 0.1) is 11.9 Å². The zero-order valence-corrected chi connectivity index (χ0v) is 11.8. The van der Waals surface area contributed by atoms with Crippen molar-refractivity contribution in [2.45, 2.75) is 51.0 Å². The zero-order valence-electron chi connectivity index (χ0n) is 10.9. The van der Waals surface area contributed by atoms with E-state index in [1.54, 1.807) is 4.31 Å². The van der Waals surface area contributed by atoms with E-state index in [0.29, 0.717) is 5.41 Å². The molecule has 1 saturated carbocycles. The molecule has 1 spiro atoms. The Labute approximate surface area is 110 Å². The molecule has 0 bridgehead atoms. The van der Waals surface area contributed by atoms with Crippen molar-refractivity contribution < 1.29 is 13.2 Å². The van der Waals surface area contributed by atoms with Gasteiger partial charge in [-0.3, -0.25) is 0 Å². The van der Waals surface area contributed by atoms with Crippen molar-refractivity contribution in [3.63, 3.8) is 0 Å². The number of hydrogen-bond acceptors (Lipinski definition) is 3. The Morgan fingerprint density at radius 2 is 1.83 bits per heavy atom. The average Bonchev–Trinajstić information content (AvgIpc) is 2.79. The maximum atomic E-state index is 12.2. The molecule has 0 radical (unpaired) electrons. The van der Waals surface area contributed by atoms with E-state index < -0.39 is 10.0 Å². The van der Waals surface area contributed by atoms with Crippen molar-refractivity contribution in [3.8, 4) is 0 Å².